The summed E-state index contributed by atoms with van der Waals surface area (Å²) >= 11 is 0. The van der Waals surface area contributed by atoms with Crippen molar-refractivity contribution < 1.29 is 14.0 Å². The smallest absolute Gasteiger partial charge is 0.290 e. The molecule has 1 aromatic carbocycles. The quantitative estimate of drug-likeness (QED) is 0.755. The minimum atomic E-state index is -0.533. The molecule has 2 aromatic rings. The largest absolute Gasteiger partial charge is 0.459 e. The fraction of sp³-hybridized carbons (Fsp3) is 0.368. The number of hydrogen-bond acceptors (Lipinski definition) is 4. The van der Waals surface area contributed by atoms with Gasteiger partial charge in [-0.25, -0.2) is 0 Å². The fourth-order valence-electron chi connectivity index (χ4n) is 3.08. The maximum atomic E-state index is 12.8. The van der Waals surface area contributed by atoms with E-state index >= 15 is 0 Å². The molecule has 0 bridgehead atoms. The number of halogens is 1. The Morgan fingerprint density at radius 2 is 1.92 bits per heavy atom. The SMILES string of the molecule is CCNCCNC(=O)C1Cc2ccccc2CN1C(=O)c1ccco1.Cl. The van der Waals surface area contributed by atoms with E-state index in [0.29, 0.717) is 26.1 Å². The summed E-state index contributed by atoms with van der Waals surface area (Å²) in [5.74, 6) is -0.136. The lowest BCUT2D eigenvalue weighted by molar-refractivity contribution is -0.126. The molecule has 1 atom stereocenters. The van der Waals surface area contributed by atoms with Gasteiger partial charge in [0.15, 0.2) is 5.76 Å². The van der Waals surface area contributed by atoms with E-state index in [4.69, 9.17) is 4.42 Å². The van der Waals surface area contributed by atoms with Crippen molar-refractivity contribution in [1.82, 2.24) is 15.5 Å². The van der Waals surface area contributed by atoms with Gasteiger partial charge in [0.1, 0.15) is 6.04 Å². The Labute approximate surface area is 159 Å². The summed E-state index contributed by atoms with van der Waals surface area (Å²) in [5.41, 5.74) is 2.18. The molecule has 0 radical (unpaired) electrons. The number of furan rings is 1. The Morgan fingerprint density at radius 3 is 2.62 bits per heavy atom. The van der Waals surface area contributed by atoms with Gasteiger partial charge in [0.2, 0.25) is 5.91 Å². The minimum absolute atomic E-state index is 0. The Balaban J connectivity index is 0.00000243. The van der Waals surface area contributed by atoms with Crippen LogP contribution in [0, 0.1) is 0 Å². The molecular weight excluding hydrogens is 354 g/mol. The van der Waals surface area contributed by atoms with Gasteiger partial charge in [0, 0.05) is 26.1 Å². The zero-order valence-corrected chi connectivity index (χ0v) is 15.6. The molecule has 140 valence electrons. The van der Waals surface area contributed by atoms with Crippen molar-refractivity contribution in [3.8, 4) is 0 Å². The number of fused-ring (bicyclic) bond motifs is 1. The maximum Gasteiger partial charge on any atom is 0.290 e. The van der Waals surface area contributed by atoms with Crippen molar-refractivity contribution >= 4 is 24.2 Å². The molecule has 1 unspecified atom stereocenters. The summed E-state index contributed by atoms with van der Waals surface area (Å²) in [6, 6.07) is 10.7. The van der Waals surface area contributed by atoms with Gasteiger partial charge in [0.05, 0.1) is 6.26 Å². The first-order chi connectivity index (χ1) is 12.2. The summed E-state index contributed by atoms with van der Waals surface area (Å²) in [4.78, 5) is 27.1. The number of rotatable bonds is 6. The minimum Gasteiger partial charge on any atom is -0.459 e. The van der Waals surface area contributed by atoms with Crippen LogP contribution in [0.3, 0.4) is 0 Å². The average Bonchev–Trinajstić information content (AvgIpc) is 3.18. The molecule has 26 heavy (non-hydrogen) atoms. The second kappa shape index (κ2) is 9.40. The predicted octanol–water partition coefficient (Wildman–Crippen LogP) is 1.99. The maximum absolute atomic E-state index is 12.8. The van der Waals surface area contributed by atoms with Gasteiger partial charge >= 0.3 is 0 Å². The van der Waals surface area contributed by atoms with E-state index in [1.165, 1.54) is 6.26 Å². The molecule has 2 N–H and O–H groups in total. The number of carbonyl (C=O) groups is 2. The van der Waals surface area contributed by atoms with Gasteiger partial charge in [-0.1, -0.05) is 31.2 Å². The summed E-state index contributed by atoms with van der Waals surface area (Å²) in [6.07, 6.45) is 1.98. The van der Waals surface area contributed by atoms with E-state index in [0.717, 1.165) is 17.7 Å². The summed E-state index contributed by atoms with van der Waals surface area (Å²) in [5, 5.41) is 6.09. The molecule has 0 saturated carbocycles. The molecule has 0 aliphatic carbocycles. The Hall–Kier alpha value is -2.31. The van der Waals surface area contributed by atoms with Gasteiger partial charge in [-0.2, -0.15) is 0 Å². The summed E-state index contributed by atoms with van der Waals surface area (Å²) < 4.78 is 5.24. The van der Waals surface area contributed by atoms with Crippen molar-refractivity contribution in [1.29, 1.82) is 0 Å². The monoisotopic (exact) mass is 377 g/mol. The zero-order valence-electron chi connectivity index (χ0n) is 14.7. The highest BCUT2D eigenvalue weighted by Gasteiger charge is 2.35. The van der Waals surface area contributed by atoms with E-state index in [1.807, 2.05) is 31.2 Å². The second-order valence-corrected chi connectivity index (χ2v) is 6.04. The lowest BCUT2D eigenvalue weighted by Gasteiger charge is -2.35. The lowest BCUT2D eigenvalue weighted by atomic mass is 9.93. The topological polar surface area (TPSA) is 74.6 Å². The molecule has 0 spiro atoms. The van der Waals surface area contributed by atoms with Crippen molar-refractivity contribution in [3.05, 3.63) is 59.5 Å². The molecule has 7 heteroatoms. The number of amides is 2. The molecular formula is C19H24ClN3O3. The molecule has 0 fully saturated rings. The van der Waals surface area contributed by atoms with E-state index in [9.17, 15) is 9.59 Å². The Morgan fingerprint density at radius 1 is 1.15 bits per heavy atom. The van der Waals surface area contributed by atoms with E-state index in [1.54, 1.807) is 17.0 Å². The van der Waals surface area contributed by atoms with Crippen LogP contribution in [0.15, 0.2) is 47.1 Å². The highest BCUT2D eigenvalue weighted by atomic mass is 35.5. The summed E-state index contributed by atoms with van der Waals surface area (Å²) in [6.45, 7) is 4.52. The predicted molar refractivity (Wildman–Crippen MR) is 101 cm³/mol. The molecule has 1 aliphatic rings. The van der Waals surface area contributed by atoms with E-state index in [-0.39, 0.29) is 30.0 Å². The molecule has 3 rings (SSSR count). The molecule has 1 aliphatic heterocycles. The van der Waals surface area contributed by atoms with Gasteiger partial charge in [0.25, 0.3) is 5.91 Å². The normalized spacial score (nSPS) is 15.7. The van der Waals surface area contributed by atoms with Crippen molar-refractivity contribution in [2.75, 3.05) is 19.6 Å². The van der Waals surface area contributed by atoms with Gasteiger partial charge in [-0.05, 0) is 29.8 Å². The highest BCUT2D eigenvalue weighted by molar-refractivity contribution is 5.96. The van der Waals surface area contributed by atoms with Crippen LogP contribution >= 0.6 is 12.4 Å². The molecule has 2 amide bonds. The van der Waals surface area contributed by atoms with Crippen LogP contribution in [-0.2, 0) is 17.8 Å². The molecule has 0 saturated heterocycles. The van der Waals surface area contributed by atoms with Crippen LogP contribution in [0.25, 0.3) is 0 Å². The molecule has 1 aromatic heterocycles. The van der Waals surface area contributed by atoms with Crippen molar-refractivity contribution in [3.63, 3.8) is 0 Å². The highest BCUT2D eigenvalue weighted by Crippen LogP contribution is 2.25. The molecule has 2 heterocycles. The molecule has 6 nitrogen and oxygen atoms in total. The fourth-order valence-corrected chi connectivity index (χ4v) is 3.08. The van der Waals surface area contributed by atoms with Gasteiger partial charge in [-0.15, -0.1) is 12.4 Å². The Kier molecular flexibility index (Phi) is 7.24. The number of benzene rings is 1. The third-order valence-electron chi connectivity index (χ3n) is 4.40. The van der Waals surface area contributed by atoms with Crippen LogP contribution in [0.2, 0.25) is 0 Å². The lowest BCUT2D eigenvalue weighted by Crippen LogP contribution is -2.53. The van der Waals surface area contributed by atoms with Crippen LogP contribution in [0.1, 0.15) is 28.6 Å². The first-order valence-electron chi connectivity index (χ1n) is 8.60. The first kappa shape index (κ1) is 20.0. The van der Waals surface area contributed by atoms with E-state index in [2.05, 4.69) is 10.6 Å². The number of nitrogens with one attached hydrogen (secondary N) is 2. The van der Waals surface area contributed by atoms with Crippen molar-refractivity contribution in [2.24, 2.45) is 0 Å². The van der Waals surface area contributed by atoms with E-state index < -0.39 is 6.04 Å². The standard InChI is InChI=1S/C19H23N3O3.ClH/c1-2-20-9-10-21-18(23)16-12-14-6-3-4-7-15(14)13-22(16)19(24)17-8-5-11-25-17;/h3-8,11,16,20H,2,9-10,12-13H2,1H3,(H,21,23);1H. The van der Waals surface area contributed by atoms with Crippen molar-refractivity contribution in [2.45, 2.75) is 25.9 Å². The second-order valence-electron chi connectivity index (χ2n) is 6.04. The average molecular weight is 378 g/mol. The first-order valence-corrected chi connectivity index (χ1v) is 8.60. The van der Waals surface area contributed by atoms with Crippen LogP contribution in [0.5, 0.6) is 0 Å². The van der Waals surface area contributed by atoms with Crippen LogP contribution in [-0.4, -0.2) is 42.4 Å². The Bertz CT molecular complexity index is 733. The number of carbonyl (C=O) groups excluding carboxylic acids is 2. The van der Waals surface area contributed by atoms with Gasteiger partial charge in [-0.3, -0.25) is 9.59 Å². The van der Waals surface area contributed by atoms with Crippen LogP contribution < -0.4 is 10.6 Å². The third kappa shape index (κ3) is 4.45. The van der Waals surface area contributed by atoms with Gasteiger partial charge < -0.3 is 20.0 Å². The summed E-state index contributed by atoms with van der Waals surface area (Å²) in [7, 11) is 0. The van der Waals surface area contributed by atoms with Crippen LogP contribution in [0.4, 0.5) is 0 Å². The number of nitrogens with zero attached hydrogens (tertiary/aromatic N) is 1. The third-order valence-corrected chi connectivity index (χ3v) is 4.40. The zero-order chi connectivity index (χ0) is 17.6. The number of likely N-dealkylation sites (N-methyl/N-ethyl adjacent to an activating group) is 1. The number of hydrogen-bond donors (Lipinski definition) is 2.